The van der Waals surface area contributed by atoms with E-state index >= 15 is 0 Å². The molecule has 75 heavy (non-hydrogen) atoms. The summed E-state index contributed by atoms with van der Waals surface area (Å²) < 4.78 is 0. The first-order valence-corrected chi connectivity index (χ1v) is 40.2. The summed E-state index contributed by atoms with van der Waals surface area (Å²) in [7, 11) is -5.57. The highest BCUT2D eigenvalue weighted by Crippen LogP contribution is 2.87. The Labute approximate surface area is 423 Å². The Kier molecular flexibility index (Phi) is 3.04. The van der Waals surface area contributed by atoms with Gasteiger partial charge in [0.25, 0.3) is 0 Å². The second kappa shape index (κ2) is 7.14. The molecule has 0 saturated heterocycles. The summed E-state index contributed by atoms with van der Waals surface area (Å²) in [5.74, 6) is 0. The van der Waals surface area contributed by atoms with Crippen molar-refractivity contribution in [2.24, 2.45) is 0 Å². The van der Waals surface area contributed by atoms with Crippen LogP contribution in [0, 0.1) is 0 Å². The molecule has 0 heterocycles. The molecule has 0 aromatic heterocycles. The molecule has 0 bridgehead atoms. The molecule has 0 amide bonds. The Morgan fingerprint density at radius 1 is 0.200 bits per heavy atom. The number of rotatable bonds is 6. The van der Waals surface area contributed by atoms with Gasteiger partial charge in [-0.15, -0.1) is 10.8 Å². The average Bonchev–Trinajstić information content (AvgIpc) is 1.48. The van der Waals surface area contributed by atoms with Crippen LogP contribution in [-0.2, 0) is 16.2 Å². The van der Waals surface area contributed by atoms with Crippen LogP contribution in [0.2, 0.25) is 77.1 Å². The Morgan fingerprint density at radius 3 is 0.773 bits per heavy atom. The molecule has 334 valence electrons. The molecule has 0 saturated carbocycles. The molecule has 0 nitrogen and oxygen atoms in total. The van der Waals surface area contributed by atoms with Crippen molar-refractivity contribution in [2.45, 2.75) is 93.3 Å². The lowest BCUT2D eigenvalue weighted by atomic mass is 9.50. The van der Waals surface area contributed by atoms with E-state index in [4.69, 9.17) is 0 Å². The van der Waals surface area contributed by atoms with Crippen LogP contribution < -0.4 is 0 Å². The third-order valence-corrected chi connectivity index (χ3v) is 31.3. The first-order chi connectivity index (χ1) is 36.2. The van der Waals surface area contributed by atoms with E-state index in [1.807, 2.05) is 60.8 Å². The van der Waals surface area contributed by atoms with Gasteiger partial charge in [0.2, 0.25) is 0 Å². The third-order valence-electron chi connectivity index (χ3n) is 26.5. The molecule has 2 atom stereocenters. The van der Waals surface area contributed by atoms with Gasteiger partial charge in [0, 0.05) is 40.5 Å². The zero-order valence-corrected chi connectivity index (χ0v) is 45.6. The van der Waals surface area contributed by atoms with Gasteiger partial charge in [-0.05, 0) is 278 Å². The van der Waals surface area contributed by atoms with E-state index in [1.165, 1.54) is 18.1 Å². The number of benzene rings is 16. The molecule has 0 spiro atoms. The predicted molar refractivity (Wildman–Crippen MR) is 332 cm³/mol. The van der Waals surface area contributed by atoms with Crippen molar-refractivity contribution in [3.63, 3.8) is 0 Å². The highest BCUT2D eigenvalue weighted by atomic mass is 28.3. The largest absolute Gasteiger partial charge is 0.103 e. The summed E-state index contributed by atoms with van der Waals surface area (Å²) >= 11 is 0. The summed E-state index contributed by atoms with van der Waals surface area (Å²) in [6.07, 6.45) is 0. The summed E-state index contributed by atoms with van der Waals surface area (Å²) in [5, 5.41) is 83.2. The minimum atomic E-state index is -1.86. The van der Waals surface area contributed by atoms with Gasteiger partial charge in [-0.2, -0.15) is 0 Å². The van der Waals surface area contributed by atoms with Gasteiger partial charge in [0.1, 0.15) is 0 Å². The van der Waals surface area contributed by atoms with E-state index in [0.717, 1.165) is 0 Å². The Balaban J connectivity index is 1.18. The van der Waals surface area contributed by atoms with Gasteiger partial charge >= 0.3 is 0 Å². The monoisotopic (exact) mass is 981 g/mol. The molecule has 25 aromatic carbocycles. The van der Waals surface area contributed by atoms with Crippen LogP contribution in [0.5, 0.6) is 0 Å². The van der Waals surface area contributed by atoms with Gasteiger partial charge in [-0.25, -0.2) is 0 Å². The van der Waals surface area contributed by atoms with E-state index in [9.17, 15) is 0 Å². The van der Waals surface area contributed by atoms with E-state index in [0.29, 0.717) is 0 Å². The fourth-order valence-corrected chi connectivity index (χ4v) is 33.6. The van der Waals surface area contributed by atoms with E-state index in [2.05, 4.69) is 58.9 Å². The molecule has 0 N–H and O–H groups in total. The lowest BCUT2D eigenvalue weighted by Crippen LogP contribution is -2.52. The van der Waals surface area contributed by atoms with Crippen LogP contribution >= 0.6 is 0 Å². The van der Waals surface area contributed by atoms with Crippen LogP contribution in [0.15, 0.2) is 0 Å². The van der Waals surface area contributed by atoms with Crippen LogP contribution in [-0.4, -0.2) is 24.2 Å². The fraction of sp³-hybridized carbons (Fsp3) is 0.208. The van der Waals surface area contributed by atoms with Gasteiger partial charge in [0.05, 0.1) is 0 Å². The summed E-state index contributed by atoms with van der Waals surface area (Å²) in [6.45, 7) is 25.2. The van der Waals surface area contributed by atoms with E-state index in [-0.39, 0.29) is 16.2 Å². The molecule has 7 aliphatic rings. The maximum Gasteiger partial charge on any atom is 0.0459 e. The molecular weight excluding hydrogens is 949 g/mol. The van der Waals surface area contributed by atoms with Gasteiger partial charge in [-0.3, -0.25) is 0 Å². The molecule has 7 aliphatic carbocycles. The van der Waals surface area contributed by atoms with Crippen molar-refractivity contribution < 1.29 is 0 Å². The quantitative estimate of drug-likeness (QED) is 0.0885. The normalized spacial score (nSPS) is 24.1. The summed E-state index contributed by atoms with van der Waals surface area (Å²) in [6, 6.07) is 3.94. The van der Waals surface area contributed by atoms with Gasteiger partial charge in [0.15, 0.2) is 0 Å². The molecule has 25 aromatic rings. The standard InChI is InChI=1S/C72H33Si3/c1-73(2,3)10-70-61-51-41-35-21-19-14-13-15-17-18-16(13)24-26-20(14)22(21)36-38-37(35)49(51)59-60-50(38)52-42(36)40(26)44-30(24)32-28(18)34-33-27(17)31-29-23(15)25(19)39(41)43(29)53(61)55-45(31)47(33)57-58-48(34)46(32)56-54(44)62(52)71(11-74(4,5)6)64(56)66(58)72(12-75(7,8)9,65(57)63(55)70)69(67(59)70)68(60)71/h10-12H2,1-9H3/q-1. The maximum absolute atomic E-state index is 2.80. The molecule has 0 radical (unpaired) electrons. The third kappa shape index (κ3) is 1.89. The predicted octanol–water partition coefficient (Wildman–Crippen LogP) is 20.6. The highest BCUT2D eigenvalue weighted by molar-refractivity contribution is 6.82. The summed E-state index contributed by atoms with van der Waals surface area (Å²) in [5.41, 5.74) is 16.6. The number of hydrogen-bond donors (Lipinski definition) is 0. The van der Waals surface area contributed by atoms with Crippen molar-refractivity contribution in [3.8, 4) is 0 Å². The molecule has 0 aliphatic heterocycles. The van der Waals surface area contributed by atoms with Crippen LogP contribution in [0.4, 0.5) is 0 Å². The first kappa shape index (κ1) is 32.0. The fourth-order valence-electron chi connectivity index (χ4n) is 27.3. The lowest BCUT2D eigenvalue weighted by Gasteiger charge is -2.57. The van der Waals surface area contributed by atoms with E-state index < -0.39 is 24.2 Å². The van der Waals surface area contributed by atoms with E-state index in [1.54, 1.807) is 248 Å². The molecular formula is C72H33Si3-. The van der Waals surface area contributed by atoms with Crippen molar-refractivity contribution in [2.75, 3.05) is 0 Å². The van der Waals surface area contributed by atoms with Crippen molar-refractivity contribution in [3.05, 3.63) is 50.1 Å². The van der Waals surface area contributed by atoms with Gasteiger partial charge in [-0.1, -0.05) is 97.0 Å². The first-order valence-electron chi connectivity index (χ1n) is 29.1. The van der Waals surface area contributed by atoms with Crippen molar-refractivity contribution >= 4 is 283 Å². The SMILES string of the molecule is C[Si](C)(C)CC12c3c4c5c6c3C3(C[Si](C)(C)C)c7c1c1c8c2c2c9c%10c(c%11c5c5c%12c%11c%11c%10c%10c%13c9c8c8c9c1c1c7c7c%14c%15c1c9c1c(c8%13)c8c%10c%11c9c%12c%10c%11c9c8c1c%15c%11c%14c1c%10c5c6c1[c-]73)C42C[Si](C)(C)C. The summed E-state index contributed by atoms with van der Waals surface area (Å²) in [4.78, 5) is 0. The minimum Gasteiger partial charge on any atom is -0.103 e. The van der Waals surface area contributed by atoms with Crippen LogP contribution in [0.25, 0.3) is 259 Å². The lowest BCUT2D eigenvalue weighted by molar-refractivity contribution is 0.541. The minimum absolute atomic E-state index is 0.158. The molecule has 2 unspecified atom stereocenters. The van der Waals surface area contributed by atoms with Crippen molar-refractivity contribution in [1.29, 1.82) is 0 Å². The van der Waals surface area contributed by atoms with Crippen molar-refractivity contribution in [1.82, 2.24) is 0 Å². The zero-order chi connectivity index (χ0) is 47.0. The van der Waals surface area contributed by atoms with Crippen LogP contribution in [0.1, 0.15) is 50.1 Å². The Hall–Kier alpha value is -6.76. The Morgan fingerprint density at radius 2 is 0.400 bits per heavy atom. The second-order valence-electron chi connectivity index (χ2n) is 32.3. The molecule has 32 rings (SSSR count). The topological polar surface area (TPSA) is 0 Å². The highest BCUT2D eigenvalue weighted by Gasteiger charge is 2.70. The van der Waals surface area contributed by atoms with Crippen LogP contribution in [0.3, 0.4) is 0 Å². The zero-order valence-electron chi connectivity index (χ0n) is 42.6. The number of hydrogen-bond acceptors (Lipinski definition) is 0. The van der Waals surface area contributed by atoms with Gasteiger partial charge < -0.3 is 0 Å². The smallest absolute Gasteiger partial charge is 0.0459 e. The molecule has 0 fully saturated rings. The molecule has 3 heteroatoms. The average molecular weight is 982 g/mol. The maximum atomic E-state index is 2.80. The second-order valence-corrected chi connectivity index (χ2v) is 48.7. The Bertz CT molecular complexity index is 6930.